The number of rotatable bonds is 7. The molecular formula is C27H28ClF2N7O2. The van der Waals surface area contributed by atoms with Gasteiger partial charge < -0.3 is 10.2 Å². The Bertz CT molecular complexity index is 1540. The van der Waals surface area contributed by atoms with Gasteiger partial charge in [-0.25, -0.2) is 28.1 Å². The van der Waals surface area contributed by atoms with E-state index in [4.69, 9.17) is 11.6 Å². The molecule has 39 heavy (non-hydrogen) atoms. The number of anilines is 1. The number of nitrogens with zero attached hydrogens (tertiary/aromatic N) is 6. The molecule has 1 aliphatic carbocycles. The largest absolute Gasteiger partial charge is 0.363 e. The summed E-state index contributed by atoms with van der Waals surface area (Å²) in [5.74, 6) is 0.376. The number of carbonyl (C=O) groups is 1. The number of hydrogen-bond acceptors (Lipinski definition) is 6. The second-order valence-corrected chi connectivity index (χ2v) is 10.4. The van der Waals surface area contributed by atoms with E-state index in [1.54, 1.807) is 27.6 Å². The molecule has 1 amide bonds. The molecule has 0 aromatic carbocycles. The minimum atomic E-state index is -2.88. The summed E-state index contributed by atoms with van der Waals surface area (Å²) in [6, 6.07) is 8.45. The fourth-order valence-corrected chi connectivity index (χ4v) is 5.24. The van der Waals surface area contributed by atoms with Crippen molar-refractivity contribution < 1.29 is 13.6 Å². The minimum absolute atomic E-state index is 0.122. The second kappa shape index (κ2) is 11.1. The zero-order valence-electron chi connectivity index (χ0n) is 21.5. The predicted octanol–water partition coefficient (Wildman–Crippen LogP) is 4.62. The van der Waals surface area contributed by atoms with Crippen LogP contribution in [0, 0.1) is 5.92 Å². The maximum atomic E-state index is 13.6. The van der Waals surface area contributed by atoms with Crippen molar-refractivity contribution >= 4 is 34.5 Å². The molecule has 1 saturated carbocycles. The van der Waals surface area contributed by atoms with Crippen LogP contribution in [0.4, 0.5) is 14.6 Å². The number of amides is 1. The first-order valence-corrected chi connectivity index (χ1v) is 13.0. The van der Waals surface area contributed by atoms with Crippen molar-refractivity contribution in [2.45, 2.75) is 44.7 Å². The van der Waals surface area contributed by atoms with E-state index < -0.39 is 18.0 Å². The molecule has 1 fully saturated rings. The number of aromatic nitrogens is 5. The number of carbonyl (C=O) groups excluding carboxylic acids is 1. The van der Waals surface area contributed by atoms with E-state index in [0.717, 1.165) is 30.4 Å². The van der Waals surface area contributed by atoms with Gasteiger partial charge in [-0.05, 0) is 61.9 Å². The number of pyridine rings is 3. The highest BCUT2D eigenvalue weighted by Gasteiger charge is 2.27. The summed E-state index contributed by atoms with van der Waals surface area (Å²) in [5.41, 5.74) is 0.959. The van der Waals surface area contributed by atoms with Gasteiger partial charge in [-0.1, -0.05) is 11.6 Å². The monoisotopic (exact) mass is 555 g/mol. The number of alkyl halides is 2. The molecule has 1 aliphatic rings. The Morgan fingerprint density at radius 3 is 2.56 bits per heavy atom. The van der Waals surface area contributed by atoms with Crippen LogP contribution < -0.4 is 15.9 Å². The molecule has 0 unspecified atom stereocenters. The quantitative estimate of drug-likeness (QED) is 0.357. The molecule has 0 atom stereocenters. The van der Waals surface area contributed by atoms with E-state index >= 15 is 0 Å². The highest BCUT2D eigenvalue weighted by atomic mass is 35.5. The summed E-state index contributed by atoms with van der Waals surface area (Å²) in [6.07, 6.45) is 4.40. The zero-order valence-corrected chi connectivity index (χ0v) is 22.3. The number of hydrogen-bond donors (Lipinski definition) is 1. The van der Waals surface area contributed by atoms with Gasteiger partial charge in [0.1, 0.15) is 11.5 Å². The zero-order chi connectivity index (χ0) is 27.7. The van der Waals surface area contributed by atoms with Gasteiger partial charge in [-0.2, -0.15) is 0 Å². The molecule has 9 nitrogen and oxygen atoms in total. The van der Waals surface area contributed by atoms with Crippen LogP contribution in [0.1, 0.15) is 48.2 Å². The van der Waals surface area contributed by atoms with Gasteiger partial charge in [-0.15, -0.1) is 0 Å². The van der Waals surface area contributed by atoms with Crippen molar-refractivity contribution in [2.75, 3.05) is 19.0 Å². The Hall–Kier alpha value is -3.86. The summed E-state index contributed by atoms with van der Waals surface area (Å²) < 4.78 is 30.0. The first-order valence-electron chi connectivity index (χ1n) is 12.7. The maximum Gasteiger partial charge on any atom is 0.335 e. The lowest BCUT2D eigenvalue weighted by Gasteiger charge is -2.29. The van der Waals surface area contributed by atoms with E-state index in [2.05, 4.69) is 20.3 Å². The van der Waals surface area contributed by atoms with Crippen LogP contribution in [0.2, 0.25) is 5.02 Å². The Kier molecular flexibility index (Phi) is 7.60. The maximum absolute atomic E-state index is 13.6. The lowest BCUT2D eigenvalue weighted by molar-refractivity contribution is 0.0904. The van der Waals surface area contributed by atoms with Crippen LogP contribution in [-0.2, 0) is 6.54 Å². The molecule has 0 spiro atoms. The fraction of sp³-hybridized carbons (Fsp3) is 0.370. The van der Waals surface area contributed by atoms with Crippen LogP contribution in [0.15, 0.2) is 53.7 Å². The van der Waals surface area contributed by atoms with Crippen LogP contribution in [0.5, 0.6) is 0 Å². The van der Waals surface area contributed by atoms with Crippen molar-refractivity contribution in [1.29, 1.82) is 0 Å². The van der Waals surface area contributed by atoms with Crippen LogP contribution >= 0.6 is 11.6 Å². The lowest BCUT2D eigenvalue weighted by atomic mass is 9.85. The molecule has 204 valence electrons. The molecule has 5 rings (SSSR count). The van der Waals surface area contributed by atoms with E-state index in [9.17, 15) is 18.4 Å². The third kappa shape index (κ3) is 5.49. The van der Waals surface area contributed by atoms with Gasteiger partial charge in [-0.3, -0.25) is 14.3 Å². The highest BCUT2D eigenvalue weighted by molar-refractivity contribution is 6.30. The van der Waals surface area contributed by atoms with Crippen LogP contribution in [0.3, 0.4) is 0 Å². The van der Waals surface area contributed by atoms with Crippen molar-refractivity contribution in [2.24, 2.45) is 5.92 Å². The average molecular weight is 556 g/mol. The first-order chi connectivity index (χ1) is 18.7. The fourth-order valence-electron chi connectivity index (χ4n) is 5.09. The molecule has 4 aromatic rings. The Morgan fingerprint density at radius 1 is 1.13 bits per heavy atom. The van der Waals surface area contributed by atoms with Crippen molar-refractivity contribution in [3.05, 3.63) is 75.7 Å². The first kappa shape index (κ1) is 26.7. The summed E-state index contributed by atoms with van der Waals surface area (Å²) >= 11 is 5.89. The Balaban J connectivity index is 1.30. The molecule has 4 heterocycles. The lowest BCUT2D eigenvalue weighted by Crippen LogP contribution is -2.39. The molecule has 4 aromatic heterocycles. The van der Waals surface area contributed by atoms with Crippen LogP contribution in [-0.4, -0.2) is 50.1 Å². The average Bonchev–Trinajstić information content (AvgIpc) is 3.20. The minimum Gasteiger partial charge on any atom is -0.363 e. The normalized spacial score (nSPS) is 17.5. The number of imidazole rings is 1. The standard InChI is InChI=1S/C27H28ClF2N7O2/c1-35(2)22-10-9-19(14-32-22)37-25-21(4-3-11-31-25)36(27(37)39)15-16-5-7-18(8-6-16)34-26(38)20-12-17(28)13-33-23(20)24(29)30/h3-4,9-14,16,18,24H,5-8,15H2,1-2H3,(H,34,38). The summed E-state index contributed by atoms with van der Waals surface area (Å²) in [6.45, 7) is 0.506. The SMILES string of the molecule is CN(C)c1ccc(-n2c(=O)n(CC3CCC(NC(=O)c4cc(Cl)cnc4C(F)F)CC3)c3cccnc32)cn1. The molecule has 0 aliphatic heterocycles. The summed E-state index contributed by atoms with van der Waals surface area (Å²) in [5, 5.41) is 2.98. The van der Waals surface area contributed by atoms with Crippen molar-refractivity contribution in [3.8, 4) is 5.69 Å². The van der Waals surface area contributed by atoms with E-state index in [-0.39, 0.29) is 28.2 Å². The Labute approximate surface area is 228 Å². The van der Waals surface area contributed by atoms with E-state index in [0.29, 0.717) is 30.7 Å². The smallest absolute Gasteiger partial charge is 0.335 e. The third-order valence-electron chi connectivity index (χ3n) is 7.10. The van der Waals surface area contributed by atoms with Gasteiger partial charge >= 0.3 is 5.69 Å². The molecule has 0 radical (unpaired) electrons. The topological polar surface area (TPSA) is 97.9 Å². The molecular weight excluding hydrogens is 528 g/mol. The van der Waals surface area contributed by atoms with Crippen LogP contribution in [0.25, 0.3) is 16.9 Å². The van der Waals surface area contributed by atoms with Crippen molar-refractivity contribution in [1.82, 2.24) is 29.4 Å². The highest BCUT2D eigenvalue weighted by Crippen LogP contribution is 2.28. The molecule has 0 bridgehead atoms. The van der Waals surface area contributed by atoms with Gasteiger partial charge in [0.05, 0.1) is 28.0 Å². The Morgan fingerprint density at radius 2 is 1.90 bits per heavy atom. The van der Waals surface area contributed by atoms with E-state index in [1.165, 1.54) is 6.07 Å². The van der Waals surface area contributed by atoms with Gasteiger partial charge in [0.15, 0.2) is 5.65 Å². The number of halogens is 3. The molecule has 1 N–H and O–H groups in total. The third-order valence-corrected chi connectivity index (χ3v) is 7.31. The van der Waals surface area contributed by atoms with Gasteiger partial charge in [0.2, 0.25) is 0 Å². The number of nitrogens with one attached hydrogen (secondary N) is 1. The summed E-state index contributed by atoms with van der Waals surface area (Å²) in [7, 11) is 3.80. The predicted molar refractivity (Wildman–Crippen MR) is 145 cm³/mol. The number of fused-ring (bicyclic) bond motifs is 1. The summed E-state index contributed by atoms with van der Waals surface area (Å²) in [4.78, 5) is 40.8. The van der Waals surface area contributed by atoms with Gasteiger partial charge in [0, 0.05) is 39.1 Å². The van der Waals surface area contributed by atoms with Crippen molar-refractivity contribution in [3.63, 3.8) is 0 Å². The second-order valence-electron chi connectivity index (χ2n) is 9.92. The molecule has 0 saturated heterocycles. The van der Waals surface area contributed by atoms with Gasteiger partial charge in [0.25, 0.3) is 12.3 Å². The molecule has 12 heteroatoms. The van der Waals surface area contributed by atoms with E-state index in [1.807, 2.05) is 37.2 Å².